The predicted octanol–water partition coefficient (Wildman–Crippen LogP) is 2.70. The van der Waals surface area contributed by atoms with Gasteiger partial charge in [0, 0.05) is 31.2 Å². The van der Waals surface area contributed by atoms with Gasteiger partial charge in [0.25, 0.3) is 0 Å². The number of carbonyl (C=O) groups is 1. The number of nitrogens with zero attached hydrogens (tertiary/aromatic N) is 2. The molecule has 1 aromatic rings. The van der Waals surface area contributed by atoms with Gasteiger partial charge in [0.15, 0.2) is 0 Å². The topological polar surface area (TPSA) is 79.0 Å². The third-order valence-corrected chi connectivity index (χ3v) is 6.79. The van der Waals surface area contributed by atoms with E-state index in [0.717, 1.165) is 23.2 Å². The molecule has 4 rings (SSSR count). The van der Waals surface area contributed by atoms with E-state index in [9.17, 15) is 14.4 Å². The summed E-state index contributed by atoms with van der Waals surface area (Å²) in [5.74, 6) is 3.31. The van der Waals surface area contributed by atoms with Gasteiger partial charge < -0.3 is 15.0 Å². The van der Waals surface area contributed by atoms with Crippen molar-refractivity contribution in [3.05, 3.63) is 40.7 Å². The Labute approximate surface area is 199 Å². The fourth-order valence-corrected chi connectivity index (χ4v) is 5.39. The molecule has 0 aliphatic carbocycles. The summed E-state index contributed by atoms with van der Waals surface area (Å²) >= 11 is 0. The molecule has 0 bridgehead atoms. The number of rotatable bonds is 4. The van der Waals surface area contributed by atoms with E-state index in [0.29, 0.717) is 43.7 Å². The molecule has 0 radical (unpaired) electrons. The number of piperidine rings is 2. The number of fused-ring (bicyclic) bond motifs is 1. The Morgan fingerprint density at radius 1 is 1.18 bits per heavy atom. The number of hydrogen-bond acceptors (Lipinski definition) is 7. The van der Waals surface area contributed by atoms with Gasteiger partial charge in [-0.2, -0.15) is 0 Å². The number of anilines is 1. The van der Waals surface area contributed by atoms with E-state index < -0.39 is 11.8 Å². The highest BCUT2D eigenvalue weighted by Crippen LogP contribution is 2.41. The van der Waals surface area contributed by atoms with Crippen LogP contribution in [0, 0.1) is 0 Å². The van der Waals surface area contributed by atoms with E-state index >= 15 is 4.39 Å². The highest BCUT2D eigenvalue weighted by molar-refractivity contribution is 5.72. The molecule has 2 saturated heterocycles. The third kappa shape index (κ3) is 5.10. The maximum atomic E-state index is 15.3. The second-order valence-electron chi connectivity index (χ2n) is 10.3. The largest absolute Gasteiger partial charge is 0.459 e. The van der Waals surface area contributed by atoms with Gasteiger partial charge in [-0.3, -0.25) is 9.69 Å². The smallest absolute Gasteiger partial charge is 0.320 e. The van der Waals surface area contributed by atoms with Crippen molar-refractivity contribution in [3.63, 3.8) is 0 Å². The lowest BCUT2D eigenvalue weighted by Gasteiger charge is -2.40. The molecule has 8 heteroatoms. The Morgan fingerprint density at radius 3 is 2.65 bits per heavy atom. The molecule has 1 N–H and O–H groups in total. The van der Waals surface area contributed by atoms with Gasteiger partial charge in [-0.05, 0) is 63.6 Å². The third-order valence-electron chi connectivity index (χ3n) is 6.79. The van der Waals surface area contributed by atoms with Crippen LogP contribution in [0.5, 0.6) is 0 Å². The van der Waals surface area contributed by atoms with Gasteiger partial charge in [-0.25, -0.2) is 14.0 Å². The number of esters is 1. The van der Waals surface area contributed by atoms with Crippen molar-refractivity contribution in [2.45, 2.75) is 70.2 Å². The Morgan fingerprint density at radius 2 is 1.97 bits per heavy atom. The Hall–Kier alpha value is -2.92. The van der Waals surface area contributed by atoms with Crippen molar-refractivity contribution in [1.29, 1.82) is 0 Å². The number of likely N-dealkylation sites (tertiary alicyclic amines) is 1. The zero-order valence-electron chi connectivity index (χ0n) is 20.0. The second kappa shape index (κ2) is 9.75. The van der Waals surface area contributed by atoms with Crippen molar-refractivity contribution in [3.8, 4) is 0 Å². The average molecular weight is 470 g/mol. The fraction of sp³-hybridized carbons (Fsp3) is 0.577. The first-order valence-corrected chi connectivity index (χ1v) is 11.9. The monoisotopic (exact) mass is 469 g/mol. The summed E-state index contributed by atoms with van der Waals surface area (Å²) < 4.78 is 20.7. The molecule has 2 fully saturated rings. The van der Waals surface area contributed by atoms with E-state index in [1.165, 1.54) is 0 Å². The van der Waals surface area contributed by atoms with Gasteiger partial charge in [0.2, 0.25) is 0 Å². The van der Waals surface area contributed by atoms with Crippen LogP contribution in [0.4, 0.5) is 10.1 Å². The lowest BCUT2D eigenvalue weighted by Crippen LogP contribution is -2.53. The zero-order valence-corrected chi connectivity index (χ0v) is 20.0. The minimum absolute atomic E-state index is 0.0951. The molecule has 3 heterocycles. The van der Waals surface area contributed by atoms with Gasteiger partial charge in [0.05, 0.1) is 12.6 Å². The molecule has 3 atom stereocenters. The summed E-state index contributed by atoms with van der Waals surface area (Å²) in [5, 5.41) is 2.88. The predicted molar refractivity (Wildman–Crippen MR) is 127 cm³/mol. The first-order valence-electron chi connectivity index (χ1n) is 11.9. The maximum Gasteiger partial charge on any atom is 0.320 e. The average Bonchev–Trinajstić information content (AvgIpc) is 3.21. The molecule has 7 nitrogen and oxygen atoms in total. The second-order valence-corrected chi connectivity index (χ2v) is 10.3. The Bertz CT molecular complexity index is 1050. The van der Waals surface area contributed by atoms with E-state index in [1.54, 1.807) is 0 Å². The van der Waals surface area contributed by atoms with Crippen LogP contribution >= 0.6 is 0 Å². The SMILES string of the molecule is CC(C)(C)OC(=O)CN1CC[C@@H](N2CCc3c([C@H]4CCC(=C=O)NC4=C=O)cccc32)[C@@H](F)C1. The molecule has 3 aliphatic heterocycles. The maximum absolute atomic E-state index is 15.3. The van der Waals surface area contributed by atoms with Crippen LogP contribution in [0.1, 0.15) is 57.1 Å². The summed E-state index contributed by atoms with van der Waals surface area (Å²) in [6.45, 7) is 7.10. The van der Waals surface area contributed by atoms with Crippen LogP contribution in [-0.4, -0.2) is 66.7 Å². The number of benzene rings is 1. The molecule has 0 saturated carbocycles. The van der Waals surface area contributed by atoms with Gasteiger partial charge >= 0.3 is 5.97 Å². The highest BCUT2D eigenvalue weighted by atomic mass is 19.1. The number of carbonyl (C=O) groups excluding carboxylic acids is 3. The lowest BCUT2D eigenvalue weighted by molar-refractivity contribution is -0.156. The van der Waals surface area contributed by atoms with Crippen LogP contribution in [-0.2, 0) is 25.5 Å². The molecule has 3 aliphatic rings. The molecular formula is C26H32FN3O4. The van der Waals surface area contributed by atoms with Crippen LogP contribution in [0.15, 0.2) is 29.6 Å². The molecule has 182 valence electrons. The van der Waals surface area contributed by atoms with E-state index in [4.69, 9.17) is 4.74 Å². The van der Waals surface area contributed by atoms with Crippen LogP contribution in [0.2, 0.25) is 0 Å². The fourth-order valence-electron chi connectivity index (χ4n) is 5.39. The highest BCUT2D eigenvalue weighted by Gasteiger charge is 2.38. The number of ether oxygens (including phenoxy) is 1. The van der Waals surface area contributed by atoms with Crippen molar-refractivity contribution in [2.24, 2.45) is 0 Å². The van der Waals surface area contributed by atoms with Crippen molar-refractivity contribution < 1.29 is 23.5 Å². The molecule has 1 aromatic carbocycles. The Kier molecular flexibility index (Phi) is 6.94. The Balaban J connectivity index is 1.47. The summed E-state index contributed by atoms with van der Waals surface area (Å²) in [4.78, 5) is 38.7. The van der Waals surface area contributed by atoms with Crippen LogP contribution in [0.25, 0.3) is 0 Å². The van der Waals surface area contributed by atoms with Gasteiger partial charge in [-0.15, -0.1) is 0 Å². The zero-order chi connectivity index (χ0) is 24.5. The summed E-state index contributed by atoms with van der Waals surface area (Å²) in [6, 6.07) is 5.72. The molecule has 0 aromatic heterocycles. The number of halogens is 1. The quantitative estimate of drug-likeness (QED) is 0.537. The van der Waals surface area contributed by atoms with Crippen molar-refractivity contribution in [1.82, 2.24) is 10.2 Å². The molecule has 0 unspecified atom stereocenters. The normalized spacial score (nSPS) is 25.3. The van der Waals surface area contributed by atoms with Crippen LogP contribution in [0.3, 0.4) is 0 Å². The molecule has 34 heavy (non-hydrogen) atoms. The minimum Gasteiger partial charge on any atom is -0.459 e. The summed E-state index contributed by atoms with van der Waals surface area (Å²) in [6.07, 6.45) is 1.46. The summed E-state index contributed by atoms with van der Waals surface area (Å²) in [5.41, 5.74) is 3.35. The number of hydrogen-bond donors (Lipinski definition) is 1. The first kappa shape index (κ1) is 24.2. The lowest BCUT2D eigenvalue weighted by atomic mass is 9.84. The first-order chi connectivity index (χ1) is 16.2. The van der Waals surface area contributed by atoms with E-state index in [-0.39, 0.29) is 31.0 Å². The molecule has 0 spiro atoms. The van der Waals surface area contributed by atoms with Gasteiger partial charge in [0.1, 0.15) is 35.0 Å². The molecular weight excluding hydrogens is 437 g/mol. The number of alkyl halides is 1. The van der Waals surface area contributed by atoms with E-state index in [1.807, 2.05) is 55.8 Å². The number of allylic oxidation sites excluding steroid dienone is 2. The van der Waals surface area contributed by atoms with Crippen molar-refractivity contribution in [2.75, 3.05) is 31.1 Å². The summed E-state index contributed by atoms with van der Waals surface area (Å²) in [7, 11) is 0. The number of nitrogens with one attached hydrogen (secondary N) is 1. The minimum atomic E-state index is -1.09. The van der Waals surface area contributed by atoms with Crippen molar-refractivity contribution >= 4 is 23.5 Å². The van der Waals surface area contributed by atoms with Gasteiger partial charge in [-0.1, -0.05) is 12.1 Å². The standard InChI is InChI=1S/C26H32FN3O4/c1-26(2,3)34-25(33)14-29-11-10-24(21(27)13-29)30-12-9-20-18(5-4-6-23(20)30)19-8-7-17(15-31)28-22(19)16-32/h4-6,19,21,24,28H,7-14H2,1-3H3/t19-,21+,24-/m1/s1. The molecule has 0 amide bonds. The van der Waals surface area contributed by atoms with Crippen LogP contribution < -0.4 is 10.2 Å². The van der Waals surface area contributed by atoms with E-state index in [2.05, 4.69) is 10.2 Å².